The second kappa shape index (κ2) is 8.69. The number of hydrogen-bond acceptors (Lipinski definition) is 5. The number of halogens is 1. The quantitative estimate of drug-likeness (QED) is 0.685. The van der Waals surface area contributed by atoms with Crippen LogP contribution in [0.15, 0.2) is 24.4 Å². The molecule has 1 atom stereocenters. The summed E-state index contributed by atoms with van der Waals surface area (Å²) in [4.78, 5) is 15.7. The van der Waals surface area contributed by atoms with Crippen LogP contribution in [-0.2, 0) is 11.3 Å². The molecule has 0 unspecified atom stereocenters. The molecule has 7 heteroatoms. The summed E-state index contributed by atoms with van der Waals surface area (Å²) in [5, 5.41) is 3.03. The zero-order valence-electron chi connectivity index (χ0n) is 16.5. The van der Waals surface area contributed by atoms with E-state index in [2.05, 4.69) is 35.8 Å². The maximum atomic E-state index is 11.5. The van der Waals surface area contributed by atoms with Gasteiger partial charge in [-0.2, -0.15) is 0 Å². The molecule has 2 heterocycles. The summed E-state index contributed by atoms with van der Waals surface area (Å²) >= 11 is 6.57. The Morgan fingerprint density at radius 1 is 1.32 bits per heavy atom. The number of carbonyl (C=O) groups is 1. The zero-order valence-corrected chi connectivity index (χ0v) is 17.3. The van der Waals surface area contributed by atoms with E-state index in [9.17, 15) is 4.79 Å². The van der Waals surface area contributed by atoms with Crippen molar-refractivity contribution in [2.45, 2.75) is 33.8 Å². The fourth-order valence-electron chi connectivity index (χ4n) is 3.33. The van der Waals surface area contributed by atoms with Gasteiger partial charge in [0.05, 0.1) is 13.7 Å². The highest BCUT2D eigenvalue weighted by atomic mass is 35.5. The first kappa shape index (κ1) is 20.3. The number of ether oxygens (including phenoxy) is 3. The fraction of sp³-hybridized carbons (Fsp3) is 0.429. The van der Waals surface area contributed by atoms with E-state index in [0.29, 0.717) is 47.4 Å². The lowest BCUT2D eigenvalue weighted by Crippen LogP contribution is -2.14. The molecule has 6 nitrogen and oxygen atoms in total. The van der Waals surface area contributed by atoms with E-state index < -0.39 is 6.09 Å². The van der Waals surface area contributed by atoms with Crippen molar-refractivity contribution < 1.29 is 19.0 Å². The van der Waals surface area contributed by atoms with E-state index in [1.165, 1.54) is 7.11 Å². The van der Waals surface area contributed by atoms with Crippen molar-refractivity contribution in [2.75, 3.05) is 19.0 Å². The monoisotopic (exact) mass is 404 g/mol. The molecular formula is C21H25ClN2O4. The van der Waals surface area contributed by atoms with Gasteiger partial charge in [0.2, 0.25) is 0 Å². The van der Waals surface area contributed by atoms with Crippen LogP contribution in [0.3, 0.4) is 0 Å². The van der Waals surface area contributed by atoms with Crippen molar-refractivity contribution in [3.05, 3.63) is 35.0 Å². The lowest BCUT2D eigenvalue weighted by atomic mass is 9.98. The van der Waals surface area contributed by atoms with E-state index in [1.54, 1.807) is 12.3 Å². The second-order valence-electron chi connectivity index (χ2n) is 7.43. The molecule has 0 saturated carbocycles. The lowest BCUT2D eigenvalue weighted by Gasteiger charge is -2.23. The third kappa shape index (κ3) is 4.50. The predicted octanol–water partition coefficient (Wildman–Crippen LogP) is 5.53. The average molecular weight is 405 g/mol. The Bertz CT molecular complexity index is 870. The Labute approximate surface area is 170 Å². The maximum absolute atomic E-state index is 11.5. The van der Waals surface area contributed by atoms with Crippen LogP contribution in [0.5, 0.6) is 11.5 Å². The van der Waals surface area contributed by atoms with Gasteiger partial charge in [0.15, 0.2) is 0 Å². The third-order valence-electron chi connectivity index (χ3n) is 4.52. The third-order valence-corrected chi connectivity index (χ3v) is 4.88. The van der Waals surface area contributed by atoms with E-state index in [-0.39, 0.29) is 0 Å². The van der Waals surface area contributed by atoms with Crippen molar-refractivity contribution in [1.29, 1.82) is 0 Å². The minimum absolute atomic E-state index is 0.348. The Balaban J connectivity index is 1.84. The summed E-state index contributed by atoms with van der Waals surface area (Å²) in [6.45, 7) is 7.52. The molecule has 1 aromatic carbocycles. The van der Waals surface area contributed by atoms with E-state index in [1.807, 2.05) is 12.1 Å². The number of carbonyl (C=O) groups excluding carboxylic acids is 1. The largest absolute Gasteiger partial charge is 0.492 e. The summed E-state index contributed by atoms with van der Waals surface area (Å²) in [5.74, 6) is 2.66. The first-order chi connectivity index (χ1) is 13.4. The van der Waals surface area contributed by atoms with Gasteiger partial charge in [-0.05, 0) is 42.0 Å². The van der Waals surface area contributed by atoms with Gasteiger partial charge < -0.3 is 14.2 Å². The number of pyridine rings is 1. The van der Waals surface area contributed by atoms with Crippen LogP contribution in [0.2, 0.25) is 5.02 Å². The standard InChI is InChI=1S/C21H25ClN2O4/c1-12(2)7-13(3)10-27-17-6-5-15-16-8-18(24-21(25)26-4)23-9-14(16)11-28-20(15)19(17)22/h5-6,8-9,12-13H,7,10-11H2,1-4H3,(H,23,24,25)/t13-/m1/s1. The van der Waals surface area contributed by atoms with Crippen molar-refractivity contribution >= 4 is 23.5 Å². The van der Waals surface area contributed by atoms with Crippen LogP contribution in [0, 0.1) is 11.8 Å². The molecule has 0 aliphatic carbocycles. The van der Waals surface area contributed by atoms with Gasteiger partial charge in [-0.1, -0.05) is 32.4 Å². The number of aromatic nitrogens is 1. The summed E-state index contributed by atoms with van der Waals surface area (Å²) in [6, 6.07) is 5.56. The van der Waals surface area contributed by atoms with Crippen LogP contribution >= 0.6 is 11.6 Å². The average Bonchev–Trinajstić information content (AvgIpc) is 2.66. The van der Waals surface area contributed by atoms with Gasteiger partial charge in [0.25, 0.3) is 0 Å². The number of nitrogens with zero attached hydrogens (tertiary/aromatic N) is 1. The number of fused-ring (bicyclic) bond motifs is 3. The van der Waals surface area contributed by atoms with Crippen LogP contribution in [0.25, 0.3) is 11.1 Å². The summed E-state index contributed by atoms with van der Waals surface area (Å²) < 4.78 is 16.4. The predicted molar refractivity (Wildman–Crippen MR) is 109 cm³/mol. The molecule has 1 aliphatic rings. The second-order valence-corrected chi connectivity index (χ2v) is 7.81. The van der Waals surface area contributed by atoms with Crippen molar-refractivity contribution in [1.82, 2.24) is 4.98 Å². The SMILES string of the molecule is COC(=O)Nc1cc2c(cn1)COc1c-2ccc(OC[C@H](C)CC(C)C)c1Cl. The molecule has 3 rings (SSSR count). The zero-order chi connectivity index (χ0) is 20.3. The van der Waals surface area contributed by atoms with Crippen molar-refractivity contribution in [2.24, 2.45) is 11.8 Å². The van der Waals surface area contributed by atoms with Gasteiger partial charge in [-0.15, -0.1) is 0 Å². The first-order valence-electron chi connectivity index (χ1n) is 9.31. The first-order valence-corrected chi connectivity index (χ1v) is 9.69. The number of benzene rings is 1. The van der Waals surface area contributed by atoms with Crippen LogP contribution in [-0.4, -0.2) is 24.8 Å². The van der Waals surface area contributed by atoms with Gasteiger partial charge in [-0.25, -0.2) is 9.78 Å². The number of methoxy groups -OCH3 is 1. The Hall–Kier alpha value is -2.47. The van der Waals surface area contributed by atoms with E-state index in [4.69, 9.17) is 21.1 Å². The fourth-order valence-corrected chi connectivity index (χ4v) is 3.60. The van der Waals surface area contributed by atoms with Crippen molar-refractivity contribution in [3.8, 4) is 22.6 Å². The van der Waals surface area contributed by atoms with Crippen LogP contribution in [0.4, 0.5) is 10.6 Å². The minimum Gasteiger partial charge on any atom is -0.492 e. The molecular weight excluding hydrogens is 380 g/mol. The van der Waals surface area contributed by atoms with Crippen molar-refractivity contribution in [3.63, 3.8) is 0 Å². The number of amides is 1. The number of anilines is 1. The van der Waals surface area contributed by atoms with Crippen LogP contribution < -0.4 is 14.8 Å². The van der Waals surface area contributed by atoms with Gasteiger partial charge in [-0.3, -0.25) is 5.32 Å². The summed E-state index contributed by atoms with van der Waals surface area (Å²) in [5.41, 5.74) is 2.66. The number of rotatable bonds is 6. The molecule has 0 bridgehead atoms. The van der Waals surface area contributed by atoms with Gasteiger partial charge in [0.1, 0.15) is 28.9 Å². The normalized spacial score (nSPS) is 13.2. The molecule has 0 spiro atoms. The molecule has 28 heavy (non-hydrogen) atoms. The molecule has 0 radical (unpaired) electrons. The number of nitrogens with one attached hydrogen (secondary N) is 1. The highest BCUT2D eigenvalue weighted by molar-refractivity contribution is 6.34. The molecule has 1 aromatic heterocycles. The smallest absolute Gasteiger partial charge is 0.412 e. The summed E-state index contributed by atoms with van der Waals surface area (Å²) in [7, 11) is 1.31. The Kier molecular flexibility index (Phi) is 6.29. The Morgan fingerprint density at radius 2 is 2.11 bits per heavy atom. The highest BCUT2D eigenvalue weighted by Crippen LogP contribution is 2.46. The van der Waals surface area contributed by atoms with Crippen LogP contribution in [0.1, 0.15) is 32.8 Å². The van der Waals surface area contributed by atoms with E-state index in [0.717, 1.165) is 23.1 Å². The topological polar surface area (TPSA) is 69.7 Å². The highest BCUT2D eigenvalue weighted by Gasteiger charge is 2.23. The molecule has 0 saturated heterocycles. The van der Waals surface area contributed by atoms with Gasteiger partial charge in [0, 0.05) is 17.3 Å². The number of hydrogen-bond donors (Lipinski definition) is 1. The summed E-state index contributed by atoms with van der Waals surface area (Å²) in [6.07, 6.45) is 2.20. The van der Waals surface area contributed by atoms with E-state index >= 15 is 0 Å². The molecule has 1 aliphatic heterocycles. The molecule has 1 amide bonds. The maximum Gasteiger partial charge on any atom is 0.412 e. The molecule has 0 fully saturated rings. The van der Waals surface area contributed by atoms with Gasteiger partial charge >= 0.3 is 6.09 Å². The molecule has 1 N–H and O–H groups in total. The lowest BCUT2D eigenvalue weighted by molar-refractivity contribution is 0.187. The molecule has 150 valence electrons. The Morgan fingerprint density at radius 3 is 2.82 bits per heavy atom. The minimum atomic E-state index is -0.572. The molecule has 2 aromatic rings.